The van der Waals surface area contributed by atoms with E-state index in [1.807, 2.05) is 0 Å². The van der Waals surface area contributed by atoms with Crippen LogP contribution in [-0.2, 0) is 4.79 Å². The lowest BCUT2D eigenvalue weighted by Gasteiger charge is -2.36. The number of hydrogen-bond donors (Lipinski definition) is 0. The van der Waals surface area contributed by atoms with Gasteiger partial charge in [-0.1, -0.05) is 0 Å². The summed E-state index contributed by atoms with van der Waals surface area (Å²) in [4.78, 5) is 13.6. The third-order valence-electron chi connectivity index (χ3n) is 2.99. The first-order chi connectivity index (χ1) is 6.38. The van der Waals surface area contributed by atoms with Crippen LogP contribution in [0.2, 0.25) is 0 Å². The van der Waals surface area contributed by atoms with Crippen molar-refractivity contribution in [1.29, 1.82) is 0 Å². The molecule has 1 unspecified atom stereocenters. The highest BCUT2D eigenvalue weighted by Gasteiger charge is 2.27. The van der Waals surface area contributed by atoms with Crippen molar-refractivity contribution in [1.82, 2.24) is 10.2 Å². The number of piperidine rings is 2. The first-order valence-electron chi connectivity index (χ1n) is 5.30. The Hall–Kier alpha value is -0.570. The first-order valence-corrected chi connectivity index (χ1v) is 5.30. The van der Waals surface area contributed by atoms with Crippen LogP contribution in [0.1, 0.15) is 32.1 Å². The van der Waals surface area contributed by atoms with Gasteiger partial charge in [0.1, 0.15) is 0 Å². The summed E-state index contributed by atoms with van der Waals surface area (Å²) in [7, 11) is 0. The largest absolute Gasteiger partial charge is 0.338 e. The molecule has 2 rings (SSSR count). The number of rotatable bonds is 1. The minimum Gasteiger partial charge on any atom is -0.338 e. The van der Waals surface area contributed by atoms with Crippen molar-refractivity contribution in [3.05, 3.63) is 0 Å². The Morgan fingerprint density at radius 1 is 1.31 bits per heavy atom. The second-order valence-electron chi connectivity index (χ2n) is 3.97. The Morgan fingerprint density at radius 2 is 2.23 bits per heavy atom. The highest BCUT2D eigenvalue weighted by atomic mass is 16.2. The number of likely N-dealkylation sites (tertiary alicyclic amines) is 1. The molecule has 0 bridgehead atoms. The van der Waals surface area contributed by atoms with Crippen molar-refractivity contribution in [2.45, 2.75) is 38.1 Å². The Bertz CT molecular complexity index is 187. The van der Waals surface area contributed by atoms with Crippen LogP contribution in [0.15, 0.2) is 0 Å². The summed E-state index contributed by atoms with van der Waals surface area (Å²) in [5.74, 6) is 0.355. The standard InChI is InChI=1S/C10H17N2O/c13-10-5-1-2-7-12(10)9-4-3-6-11-8-9/h9H,1-8H2. The van der Waals surface area contributed by atoms with Gasteiger partial charge in [-0.25, -0.2) is 5.32 Å². The second kappa shape index (κ2) is 4.09. The molecule has 3 heteroatoms. The van der Waals surface area contributed by atoms with Gasteiger partial charge in [0.2, 0.25) is 5.91 Å². The summed E-state index contributed by atoms with van der Waals surface area (Å²) in [5, 5.41) is 4.37. The van der Waals surface area contributed by atoms with E-state index in [0.717, 1.165) is 45.3 Å². The molecule has 2 saturated heterocycles. The molecule has 73 valence electrons. The van der Waals surface area contributed by atoms with Crippen LogP contribution in [0.3, 0.4) is 0 Å². The lowest BCUT2D eigenvalue weighted by atomic mass is 10.0. The molecule has 0 aromatic carbocycles. The summed E-state index contributed by atoms with van der Waals surface area (Å²) in [6.07, 6.45) is 5.35. The van der Waals surface area contributed by atoms with Crippen LogP contribution in [-0.4, -0.2) is 36.5 Å². The van der Waals surface area contributed by atoms with Gasteiger partial charge in [0.25, 0.3) is 0 Å². The van der Waals surface area contributed by atoms with E-state index >= 15 is 0 Å². The van der Waals surface area contributed by atoms with E-state index in [9.17, 15) is 4.79 Å². The number of carbonyl (C=O) groups excluding carboxylic acids is 1. The minimum atomic E-state index is 0.355. The van der Waals surface area contributed by atoms with Crippen LogP contribution >= 0.6 is 0 Å². The Morgan fingerprint density at radius 3 is 2.92 bits per heavy atom. The Balaban J connectivity index is 1.92. The summed E-state index contributed by atoms with van der Waals surface area (Å²) in [5.41, 5.74) is 0. The fourth-order valence-corrected chi connectivity index (χ4v) is 2.24. The molecule has 0 aliphatic carbocycles. The molecule has 0 saturated carbocycles. The van der Waals surface area contributed by atoms with Crippen LogP contribution in [0, 0.1) is 0 Å². The van der Waals surface area contributed by atoms with Crippen LogP contribution < -0.4 is 5.32 Å². The highest BCUT2D eigenvalue weighted by molar-refractivity contribution is 5.77. The minimum absolute atomic E-state index is 0.355. The molecule has 0 spiro atoms. The molecule has 1 radical (unpaired) electrons. The van der Waals surface area contributed by atoms with Gasteiger partial charge >= 0.3 is 0 Å². The quantitative estimate of drug-likeness (QED) is 0.588. The molecule has 1 amide bonds. The second-order valence-corrected chi connectivity index (χ2v) is 3.97. The van der Waals surface area contributed by atoms with E-state index in [-0.39, 0.29) is 0 Å². The van der Waals surface area contributed by atoms with Gasteiger partial charge < -0.3 is 4.90 Å². The van der Waals surface area contributed by atoms with Crippen molar-refractivity contribution in [3.8, 4) is 0 Å². The predicted octanol–water partition coefficient (Wildman–Crippen LogP) is 0.766. The zero-order valence-corrected chi connectivity index (χ0v) is 8.04. The van der Waals surface area contributed by atoms with Crippen molar-refractivity contribution in [2.75, 3.05) is 19.6 Å². The van der Waals surface area contributed by atoms with E-state index in [2.05, 4.69) is 10.2 Å². The van der Waals surface area contributed by atoms with Gasteiger partial charge in [-0.15, -0.1) is 0 Å². The molecule has 2 fully saturated rings. The zero-order chi connectivity index (χ0) is 9.10. The summed E-state index contributed by atoms with van der Waals surface area (Å²) >= 11 is 0. The molecular formula is C10H17N2O. The third kappa shape index (κ3) is 2.02. The van der Waals surface area contributed by atoms with E-state index in [4.69, 9.17) is 0 Å². The fraction of sp³-hybridized carbons (Fsp3) is 0.900. The maximum Gasteiger partial charge on any atom is 0.222 e. The normalized spacial score (nSPS) is 30.6. The number of carbonyl (C=O) groups is 1. The lowest BCUT2D eigenvalue weighted by molar-refractivity contribution is -0.136. The maximum absolute atomic E-state index is 11.6. The maximum atomic E-state index is 11.6. The van der Waals surface area contributed by atoms with Gasteiger partial charge in [0, 0.05) is 32.1 Å². The van der Waals surface area contributed by atoms with E-state index < -0.39 is 0 Å². The van der Waals surface area contributed by atoms with Crippen LogP contribution in [0.5, 0.6) is 0 Å². The van der Waals surface area contributed by atoms with E-state index in [1.54, 1.807) is 0 Å². The molecule has 2 heterocycles. The molecule has 2 aliphatic heterocycles. The highest BCUT2D eigenvalue weighted by Crippen LogP contribution is 2.18. The molecule has 0 N–H and O–H groups in total. The van der Waals surface area contributed by atoms with Crippen molar-refractivity contribution >= 4 is 5.91 Å². The summed E-state index contributed by atoms with van der Waals surface area (Å²) in [6, 6.07) is 0.432. The molecule has 13 heavy (non-hydrogen) atoms. The monoisotopic (exact) mass is 181 g/mol. The first kappa shape index (κ1) is 9.00. The predicted molar refractivity (Wildman–Crippen MR) is 50.5 cm³/mol. The van der Waals surface area contributed by atoms with Gasteiger partial charge in [0.05, 0.1) is 0 Å². The summed E-state index contributed by atoms with van der Waals surface area (Å²) in [6.45, 7) is 2.85. The molecule has 1 atom stereocenters. The topological polar surface area (TPSA) is 34.4 Å². The third-order valence-corrected chi connectivity index (χ3v) is 2.99. The average molecular weight is 181 g/mol. The Kier molecular flexibility index (Phi) is 2.83. The fourth-order valence-electron chi connectivity index (χ4n) is 2.24. The number of hydrogen-bond acceptors (Lipinski definition) is 1. The lowest BCUT2D eigenvalue weighted by Crippen LogP contribution is -2.48. The number of amides is 1. The molecule has 2 aliphatic rings. The smallest absolute Gasteiger partial charge is 0.222 e. The Labute approximate surface area is 79.5 Å². The van der Waals surface area contributed by atoms with Gasteiger partial charge in [-0.2, -0.15) is 0 Å². The van der Waals surface area contributed by atoms with Gasteiger partial charge in [-0.3, -0.25) is 4.79 Å². The molecule has 3 nitrogen and oxygen atoms in total. The average Bonchev–Trinajstić information content (AvgIpc) is 2.20. The van der Waals surface area contributed by atoms with E-state index in [0.29, 0.717) is 11.9 Å². The van der Waals surface area contributed by atoms with Gasteiger partial charge in [0.15, 0.2) is 0 Å². The van der Waals surface area contributed by atoms with Crippen molar-refractivity contribution < 1.29 is 4.79 Å². The van der Waals surface area contributed by atoms with Crippen molar-refractivity contribution in [3.63, 3.8) is 0 Å². The van der Waals surface area contributed by atoms with Crippen molar-refractivity contribution in [2.24, 2.45) is 0 Å². The zero-order valence-electron chi connectivity index (χ0n) is 8.04. The molecule has 0 aromatic rings. The van der Waals surface area contributed by atoms with Gasteiger partial charge in [-0.05, 0) is 25.7 Å². The molecular weight excluding hydrogens is 164 g/mol. The van der Waals surface area contributed by atoms with Crippen LogP contribution in [0.25, 0.3) is 0 Å². The van der Waals surface area contributed by atoms with Crippen LogP contribution in [0.4, 0.5) is 0 Å². The summed E-state index contributed by atoms with van der Waals surface area (Å²) < 4.78 is 0. The molecule has 0 aromatic heterocycles. The SMILES string of the molecule is O=C1CCCCN1C1CCC[N]C1. The van der Waals surface area contributed by atoms with E-state index in [1.165, 1.54) is 6.42 Å². The number of nitrogens with zero attached hydrogens (tertiary/aromatic N) is 2.